The summed E-state index contributed by atoms with van der Waals surface area (Å²) in [5, 5.41) is 5.60. The minimum atomic E-state index is 0.953. The molecule has 0 atom stereocenters. The molecule has 2 N–H and O–H groups in total. The number of anilines is 2. The maximum absolute atomic E-state index is 4.30. The second-order valence-corrected chi connectivity index (χ2v) is 4.52. The quantitative estimate of drug-likeness (QED) is 0.822. The van der Waals surface area contributed by atoms with Gasteiger partial charge in [0.1, 0.15) is 5.82 Å². The fourth-order valence-corrected chi connectivity index (χ4v) is 2.04. The van der Waals surface area contributed by atoms with Crippen LogP contribution in [0, 0.1) is 0 Å². The molecule has 4 nitrogen and oxygen atoms in total. The Morgan fingerprint density at radius 1 is 1.29 bits per heavy atom. The van der Waals surface area contributed by atoms with Crippen molar-refractivity contribution in [1.82, 2.24) is 9.99 Å². The van der Waals surface area contributed by atoms with Crippen LogP contribution in [0.5, 0.6) is 0 Å². The molecule has 0 unspecified atom stereocenters. The Morgan fingerprint density at radius 2 is 2.12 bits per heavy atom. The highest BCUT2D eigenvalue weighted by molar-refractivity contribution is 5.51. The molecule has 94 valence electrons. The van der Waals surface area contributed by atoms with Crippen molar-refractivity contribution in [3.8, 4) is 0 Å². The first-order valence-corrected chi connectivity index (χ1v) is 6.60. The molecule has 0 saturated carbocycles. The smallest absolute Gasteiger partial charge is 0.127 e. The molecular weight excluding hydrogens is 212 g/mol. The van der Waals surface area contributed by atoms with Gasteiger partial charge in [0.15, 0.2) is 0 Å². The summed E-state index contributed by atoms with van der Waals surface area (Å²) in [6, 6.07) is 4.09. The largest absolute Gasteiger partial charge is 0.370 e. The van der Waals surface area contributed by atoms with E-state index in [0.717, 1.165) is 37.6 Å². The number of nitrogens with one attached hydrogen (secondary N) is 2. The SMILES string of the molecule is CCCNc1cc(NN2CCCCC2)ccn1. The van der Waals surface area contributed by atoms with Crippen LogP contribution >= 0.6 is 0 Å². The molecule has 1 aliphatic rings. The third-order valence-electron chi connectivity index (χ3n) is 2.96. The van der Waals surface area contributed by atoms with Crippen LogP contribution in [0.4, 0.5) is 11.5 Å². The van der Waals surface area contributed by atoms with E-state index in [2.05, 4.69) is 33.7 Å². The summed E-state index contributed by atoms with van der Waals surface area (Å²) in [6.07, 6.45) is 6.91. The average molecular weight is 234 g/mol. The van der Waals surface area contributed by atoms with Gasteiger partial charge in [0.05, 0.1) is 5.69 Å². The second-order valence-electron chi connectivity index (χ2n) is 4.52. The maximum Gasteiger partial charge on any atom is 0.127 e. The van der Waals surface area contributed by atoms with E-state index in [1.165, 1.54) is 19.3 Å². The molecule has 2 heterocycles. The van der Waals surface area contributed by atoms with E-state index < -0.39 is 0 Å². The van der Waals surface area contributed by atoms with Gasteiger partial charge < -0.3 is 10.7 Å². The summed E-state index contributed by atoms with van der Waals surface area (Å²) < 4.78 is 0. The zero-order valence-corrected chi connectivity index (χ0v) is 10.6. The number of hydrogen-bond acceptors (Lipinski definition) is 4. The molecule has 1 fully saturated rings. The molecule has 4 heteroatoms. The number of aromatic nitrogens is 1. The number of pyridine rings is 1. The predicted molar refractivity (Wildman–Crippen MR) is 72.1 cm³/mol. The molecule has 2 rings (SSSR count). The number of piperidine rings is 1. The van der Waals surface area contributed by atoms with Crippen LogP contribution in [0.2, 0.25) is 0 Å². The Bertz CT molecular complexity index is 334. The Labute approximate surface area is 103 Å². The number of hydrogen-bond donors (Lipinski definition) is 2. The van der Waals surface area contributed by atoms with E-state index in [4.69, 9.17) is 0 Å². The monoisotopic (exact) mass is 234 g/mol. The highest BCUT2D eigenvalue weighted by atomic mass is 15.5. The van der Waals surface area contributed by atoms with Gasteiger partial charge in [0, 0.05) is 31.9 Å². The van der Waals surface area contributed by atoms with Crippen molar-refractivity contribution in [3.63, 3.8) is 0 Å². The highest BCUT2D eigenvalue weighted by Gasteiger charge is 2.09. The Morgan fingerprint density at radius 3 is 2.88 bits per heavy atom. The third kappa shape index (κ3) is 3.89. The molecule has 0 bridgehead atoms. The molecular formula is C13H22N4. The normalized spacial score (nSPS) is 16.8. The topological polar surface area (TPSA) is 40.2 Å². The van der Waals surface area contributed by atoms with Crippen LogP contribution < -0.4 is 10.7 Å². The molecule has 0 radical (unpaired) electrons. The van der Waals surface area contributed by atoms with E-state index in [1.807, 2.05) is 12.3 Å². The van der Waals surface area contributed by atoms with Crippen molar-refractivity contribution < 1.29 is 0 Å². The lowest BCUT2D eigenvalue weighted by Gasteiger charge is -2.27. The van der Waals surface area contributed by atoms with Gasteiger partial charge in [0.2, 0.25) is 0 Å². The van der Waals surface area contributed by atoms with Gasteiger partial charge in [-0.3, -0.25) is 0 Å². The van der Waals surface area contributed by atoms with Gasteiger partial charge in [0.25, 0.3) is 0 Å². The molecule has 1 aromatic rings. The number of rotatable bonds is 5. The van der Waals surface area contributed by atoms with E-state index in [1.54, 1.807) is 0 Å². The van der Waals surface area contributed by atoms with Crippen molar-refractivity contribution in [2.24, 2.45) is 0 Å². The maximum atomic E-state index is 4.30. The Kier molecular flexibility index (Phi) is 4.62. The van der Waals surface area contributed by atoms with Crippen LogP contribution in [0.1, 0.15) is 32.6 Å². The van der Waals surface area contributed by atoms with E-state index in [0.29, 0.717) is 0 Å². The van der Waals surface area contributed by atoms with Crippen molar-refractivity contribution >= 4 is 11.5 Å². The van der Waals surface area contributed by atoms with Gasteiger partial charge in [-0.2, -0.15) is 0 Å². The number of nitrogens with zero attached hydrogens (tertiary/aromatic N) is 2. The van der Waals surface area contributed by atoms with Crippen molar-refractivity contribution in [2.75, 3.05) is 30.4 Å². The van der Waals surface area contributed by atoms with Gasteiger partial charge in [-0.1, -0.05) is 13.3 Å². The fourth-order valence-electron chi connectivity index (χ4n) is 2.04. The van der Waals surface area contributed by atoms with E-state index >= 15 is 0 Å². The molecule has 0 spiro atoms. The van der Waals surface area contributed by atoms with Crippen molar-refractivity contribution in [2.45, 2.75) is 32.6 Å². The van der Waals surface area contributed by atoms with E-state index in [9.17, 15) is 0 Å². The molecule has 1 aliphatic heterocycles. The number of hydrazine groups is 1. The van der Waals surface area contributed by atoms with Gasteiger partial charge in [-0.05, 0) is 25.3 Å². The molecule has 1 aromatic heterocycles. The molecule has 0 aliphatic carbocycles. The first-order valence-electron chi connectivity index (χ1n) is 6.60. The van der Waals surface area contributed by atoms with Crippen LogP contribution in [0.3, 0.4) is 0 Å². The summed E-state index contributed by atoms with van der Waals surface area (Å²) in [5.41, 5.74) is 4.58. The first-order chi connectivity index (χ1) is 8.38. The predicted octanol–water partition coefficient (Wildman–Crippen LogP) is 2.72. The highest BCUT2D eigenvalue weighted by Crippen LogP contribution is 2.15. The van der Waals surface area contributed by atoms with Crippen LogP contribution in [0.15, 0.2) is 18.3 Å². The lowest BCUT2D eigenvalue weighted by atomic mass is 10.2. The second kappa shape index (κ2) is 6.45. The summed E-state index contributed by atoms with van der Waals surface area (Å²) in [6.45, 7) is 5.41. The summed E-state index contributed by atoms with van der Waals surface area (Å²) in [4.78, 5) is 4.30. The lowest BCUT2D eigenvalue weighted by Crippen LogP contribution is -2.34. The summed E-state index contributed by atoms with van der Waals surface area (Å²) in [7, 11) is 0. The molecule has 0 amide bonds. The molecule has 17 heavy (non-hydrogen) atoms. The van der Waals surface area contributed by atoms with E-state index in [-0.39, 0.29) is 0 Å². The van der Waals surface area contributed by atoms with Crippen LogP contribution in [0.25, 0.3) is 0 Å². The Hall–Kier alpha value is -1.29. The third-order valence-corrected chi connectivity index (χ3v) is 2.96. The summed E-state index contributed by atoms with van der Waals surface area (Å²) >= 11 is 0. The standard InChI is InChI=1S/C13H22N4/c1-2-7-14-13-11-12(6-8-15-13)16-17-9-4-3-5-10-17/h6,8,11H,2-5,7,9-10H2,1H3,(H2,14,15,16). The van der Waals surface area contributed by atoms with Crippen molar-refractivity contribution in [1.29, 1.82) is 0 Å². The first kappa shape index (κ1) is 12.2. The Balaban J connectivity index is 1.90. The van der Waals surface area contributed by atoms with Gasteiger partial charge >= 0.3 is 0 Å². The lowest BCUT2D eigenvalue weighted by molar-refractivity contribution is 0.273. The van der Waals surface area contributed by atoms with Crippen molar-refractivity contribution in [3.05, 3.63) is 18.3 Å². The molecule has 0 aromatic carbocycles. The minimum Gasteiger partial charge on any atom is -0.370 e. The van der Waals surface area contributed by atoms with Crippen LogP contribution in [-0.2, 0) is 0 Å². The van der Waals surface area contributed by atoms with Gasteiger partial charge in [-0.25, -0.2) is 9.99 Å². The average Bonchev–Trinajstić information content (AvgIpc) is 2.38. The molecule has 1 saturated heterocycles. The summed E-state index contributed by atoms with van der Waals surface area (Å²) in [5.74, 6) is 0.953. The van der Waals surface area contributed by atoms with Gasteiger partial charge in [-0.15, -0.1) is 0 Å². The zero-order valence-electron chi connectivity index (χ0n) is 10.6. The zero-order chi connectivity index (χ0) is 11.9. The minimum absolute atomic E-state index is 0.953. The van der Waals surface area contributed by atoms with Crippen LogP contribution in [-0.4, -0.2) is 29.6 Å². The fraction of sp³-hybridized carbons (Fsp3) is 0.615.